The third-order valence-corrected chi connectivity index (χ3v) is 2.73. The molecule has 1 fully saturated rings. The third-order valence-electron chi connectivity index (χ3n) is 1.78. The summed E-state index contributed by atoms with van der Waals surface area (Å²) >= 11 is 1.85. The first-order valence-electron chi connectivity index (χ1n) is 3.28. The molecule has 0 heterocycles. The van der Waals surface area contributed by atoms with Gasteiger partial charge in [-0.3, -0.25) is 0 Å². The Bertz CT molecular complexity index is 127. The molecule has 1 rings (SSSR count). The Hall–Kier alpha value is -0.0400. The third kappa shape index (κ3) is 1.11. The Kier molecular flexibility index (Phi) is 1.80. The maximum atomic E-state index is 3.96. The van der Waals surface area contributed by atoms with Crippen molar-refractivity contribution in [1.82, 2.24) is 0 Å². The molecule has 0 aliphatic heterocycles. The predicted molar refractivity (Wildman–Crippen MR) is 44.2 cm³/mol. The fraction of sp³-hybridized carbons (Fsp3) is 0.625. The SMILES string of the molecule is C=C1[C+](SC)C1C(C)C. The molecule has 9 heavy (non-hydrogen) atoms. The Labute approximate surface area is 61.7 Å². The second-order valence-electron chi connectivity index (χ2n) is 2.82. The normalized spacial score (nSPS) is 25.6. The van der Waals surface area contributed by atoms with Gasteiger partial charge in [0, 0.05) is 12.8 Å². The molecule has 0 radical (unpaired) electrons. The van der Waals surface area contributed by atoms with Gasteiger partial charge in [-0.15, -0.1) is 0 Å². The number of hydrogen-bond acceptors (Lipinski definition) is 1. The molecular weight excluding hydrogens is 128 g/mol. The van der Waals surface area contributed by atoms with E-state index in [1.54, 1.807) is 0 Å². The minimum atomic E-state index is 0.736. The zero-order valence-electron chi connectivity index (χ0n) is 6.27. The van der Waals surface area contributed by atoms with E-state index in [2.05, 4.69) is 26.7 Å². The van der Waals surface area contributed by atoms with Crippen LogP contribution in [0.4, 0.5) is 0 Å². The smallest absolute Gasteiger partial charge is 0.0599 e. The first kappa shape index (κ1) is 7.07. The fourth-order valence-corrected chi connectivity index (χ4v) is 2.22. The number of rotatable bonds is 2. The summed E-state index contributed by atoms with van der Waals surface area (Å²) in [6.07, 6.45) is 2.13. The van der Waals surface area contributed by atoms with E-state index in [-0.39, 0.29) is 0 Å². The van der Waals surface area contributed by atoms with E-state index in [1.165, 1.54) is 10.8 Å². The van der Waals surface area contributed by atoms with E-state index in [0.29, 0.717) is 0 Å². The van der Waals surface area contributed by atoms with Crippen LogP contribution in [-0.2, 0) is 0 Å². The fourth-order valence-electron chi connectivity index (χ4n) is 1.23. The van der Waals surface area contributed by atoms with Crippen LogP contribution in [0.1, 0.15) is 13.8 Å². The molecule has 0 amide bonds. The van der Waals surface area contributed by atoms with Gasteiger partial charge in [-0.2, -0.15) is 0 Å². The van der Waals surface area contributed by atoms with Crippen molar-refractivity contribution in [2.24, 2.45) is 11.8 Å². The molecule has 0 aromatic carbocycles. The van der Waals surface area contributed by atoms with Crippen LogP contribution < -0.4 is 0 Å². The zero-order valence-corrected chi connectivity index (χ0v) is 7.09. The van der Waals surface area contributed by atoms with Crippen molar-refractivity contribution < 1.29 is 0 Å². The lowest BCUT2D eigenvalue weighted by atomic mass is 10.1. The van der Waals surface area contributed by atoms with E-state index < -0.39 is 0 Å². The van der Waals surface area contributed by atoms with Crippen molar-refractivity contribution in [3.8, 4) is 0 Å². The molecule has 1 heteroatoms. The molecule has 1 unspecified atom stereocenters. The maximum Gasteiger partial charge on any atom is 0.142 e. The summed E-state index contributed by atoms with van der Waals surface area (Å²) in [4.78, 5) is 0. The van der Waals surface area contributed by atoms with E-state index in [1.807, 2.05) is 11.8 Å². The highest BCUT2D eigenvalue weighted by Crippen LogP contribution is 2.57. The highest BCUT2D eigenvalue weighted by atomic mass is 32.2. The van der Waals surface area contributed by atoms with Crippen molar-refractivity contribution >= 4 is 11.8 Å². The van der Waals surface area contributed by atoms with E-state index >= 15 is 0 Å². The Morgan fingerprint density at radius 1 is 1.67 bits per heavy atom. The van der Waals surface area contributed by atoms with Gasteiger partial charge in [-0.25, -0.2) is 0 Å². The molecule has 1 saturated carbocycles. The molecule has 0 saturated heterocycles. The van der Waals surface area contributed by atoms with E-state index in [0.717, 1.165) is 11.8 Å². The summed E-state index contributed by atoms with van der Waals surface area (Å²) < 4.78 is 0. The Morgan fingerprint density at radius 2 is 2.22 bits per heavy atom. The van der Waals surface area contributed by atoms with Gasteiger partial charge in [-0.05, 0) is 17.7 Å². The molecule has 1 aliphatic carbocycles. The van der Waals surface area contributed by atoms with Crippen molar-refractivity contribution in [3.05, 3.63) is 17.4 Å². The van der Waals surface area contributed by atoms with Crippen molar-refractivity contribution in [2.45, 2.75) is 13.8 Å². The molecule has 0 N–H and O–H groups in total. The molecule has 50 valence electrons. The van der Waals surface area contributed by atoms with Gasteiger partial charge < -0.3 is 0 Å². The van der Waals surface area contributed by atoms with Crippen molar-refractivity contribution in [3.63, 3.8) is 0 Å². The second kappa shape index (κ2) is 2.30. The lowest BCUT2D eigenvalue weighted by Gasteiger charge is -1.91. The van der Waals surface area contributed by atoms with Gasteiger partial charge in [0.2, 0.25) is 0 Å². The largest absolute Gasteiger partial charge is 0.142 e. The summed E-state index contributed by atoms with van der Waals surface area (Å²) in [5.74, 6) is 1.50. The molecule has 1 aliphatic rings. The second-order valence-corrected chi connectivity index (χ2v) is 3.66. The monoisotopic (exact) mass is 141 g/mol. The van der Waals surface area contributed by atoms with Gasteiger partial charge in [0.05, 0.1) is 0 Å². The highest BCUT2D eigenvalue weighted by molar-refractivity contribution is 8.02. The number of hydrogen-bond donors (Lipinski definition) is 0. The number of thioether (sulfide) groups is 1. The molecule has 0 aromatic rings. The maximum absolute atomic E-state index is 3.96. The summed E-state index contributed by atoms with van der Waals surface area (Å²) in [5.41, 5.74) is 1.37. The first-order chi connectivity index (χ1) is 4.18. The molecule has 0 nitrogen and oxygen atoms in total. The summed E-state index contributed by atoms with van der Waals surface area (Å²) in [6.45, 7) is 8.46. The zero-order chi connectivity index (χ0) is 7.02. The standard InChI is InChI=1S/C8H13S/c1-5(2)7-6(3)8(7)9-4/h5,7H,3H2,1-2,4H3/q+1. The summed E-state index contributed by atoms with van der Waals surface area (Å²) in [6, 6.07) is 0. The lowest BCUT2D eigenvalue weighted by molar-refractivity contribution is 0.601. The van der Waals surface area contributed by atoms with Crippen LogP contribution in [0.3, 0.4) is 0 Å². The van der Waals surface area contributed by atoms with Crippen LogP contribution in [0, 0.1) is 17.1 Å². The average molecular weight is 141 g/mol. The summed E-state index contributed by atoms with van der Waals surface area (Å²) in [7, 11) is 0. The van der Waals surface area contributed by atoms with Gasteiger partial charge in [-0.1, -0.05) is 13.8 Å². The van der Waals surface area contributed by atoms with Crippen LogP contribution in [0.15, 0.2) is 12.2 Å². The first-order valence-corrected chi connectivity index (χ1v) is 4.51. The summed E-state index contributed by atoms with van der Waals surface area (Å²) in [5, 5.41) is 1.52. The van der Waals surface area contributed by atoms with Crippen LogP contribution in [-0.4, -0.2) is 6.26 Å². The highest BCUT2D eigenvalue weighted by Gasteiger charge is 2.55. The molecular formula is C8H13S+. The van der Waals surface area contributed by atoms with Gasteiger partial charge >= 0.3 is 0 Å². The van der Waals surface area contributed by atoms with Crippen LogP contribution in [0.2, 0.25) is 0 Å². The van der Waals surface area contributed by atoms with Gasteiger partial charge in [0.15, 0.2) is 0 Å². The topological polar surface area (TPSA) is 0 Å². The minimum Gasteiger partial charge on any atom is -0.0599 e. The average Bonchev–Trinajstić information content (AvgIpc) is 2.40. The molecule has 0 bridgehead atoms. The van der Waals surface area contributed by atoms with Crippen LogP contribution in [0.5, 0.6) is 0 Å². The molecule has 0 spiro atoms. The predicted octanol–water partition coefficient (Wildman–Crippen LogP) is 2.72. The van der Waals surface area contributed by atoms with E-state index in [4.69, 9.17) is 0 Å². The Balaban J connectivity index is 2.42. The minimum absolute atomic E-state index is 0.736. The quantitative estimate of drug-likeness (QED) is 0.533. The van der Waals surface area contributed by atoms with Crippen molar-refractivity contribution in [1.29, 1.82) is 0 Å². The van der Waals surface area contributed by atoms with Crippen LogP contribution >= 0.6 is 11.8 Å². The van der Waals surface area contributed by atoms with Crippen LogP contribution in [0.25, 0.3) is 0 Å². The molecule has 1 atom stereocenters. The van der Waals surface area contributed by atoms with Crippen molar-refractivity contribution in [2.75, 3.05) is 6.26 Å². The van der Waals surface area contributed by atoms with Gasteiger partial charge in [0.1, 0.15) is 16.7 Å². The van der Waals surface area contributed by atoms with E-state index in [9.17, 15) is 0 Å². The Morgan fingerprint density at radius 3 is 2.33 bits per heavy atom. The molecule has 0 aromatic heterocycles. The van der Waals surface area contributed by atoms with Gasteiger partial charge in [0.25, 0.3) is 0 Å². The lowest BCUT2D eigenvalue weighted by Crippen LogP contribution is -1.89.